The third-order valence-electron chi connectivity index (χ3n) is 1.91. The molecule has 3 N–H and O–H groups in total. The fourth-order valence-electron chi connectivity index (χ4n) is 1.12. The number of rotatable bonds is 9. The van der Waals surface area contributed by atoms with Gasteiger partial charge in [0.25, 0.3) is 0 Å². The quantitative estimate of drug-likeness (QED) is 0.365. The van der Waals surface area contributed by atoms with E-state index in [9.17, 15) is 4.79 Å². The average molecular weight is 213 g/mol. The lowest BCUT2D eigenvalue weighted by molar-refractivity contribution is -0.120. The molecule has 1 amide bonds. The summed E-state index contributed by atoms with van der Waals surface area (Å²) in [4.78, 5) is 11.0. The molecule has 86 valence electrons. The molecule has 5 heteroatoms. The molecule has 0 spiro atoms. The molecule has 0 fully saturated rings. The topological polar surface area (TPSA) is 85.2 Å². The minimum atomic E-state index is -0.146. The monoisotopic (exact) mass is 213 g/mol. The van der Waals surface area contributed by atoms with Crippen molar-refractivity contribution >= 4 is 5.91 Å². The first kappa shape index (κ1) is 13.9. The van der Waals surface area contributed by atoms with Crippen molar-refractivity contribution in [3.8, 4) is 6.07 Å². The van der Waals surface area contributed by atoms with Gasteiger partial charge in [-0.25, -0.2) is 0 Å². The van der Waals surface area contributed by atoms with Crippen molar-refractivity contribution < 1.29 is 9.90 Å². The molecule has 0 radical (unpaired) electrons. The number of nitrogens with one attached hydrogen (secondary N) is 2. The van der Waals surface area contributed by atoms with E-state index in [-0.39, 0.29) is 25.6 Å². The van der Waals surface area contributed by atoms with Gasteiger partial charge in [0.1, 0.15) is 6.54 Å². The SMILES string of the molecule is N#CCNC(=O)CNCCCCCCO. The van der Waals surface area contributed by atoms with Crippen LogP contribution in [0.1, 0.15) is 25.7 Å². The zero-order valence-corrected chi connectivity index (χ0v) is 8.96. The third kappa shape index (κ3) is 10.8. The summed E-state index contributed by atoms with van der Waals surface area (Å²) in [7, 11) is 0. The van der Waals surface area contributed by atoms with Gasteiger partial charge in [0.15, 0.2) is 0 Å². The molecule has 0 atom stereocenters. The highest BCUT2D eigenvalue weighted by molar-refractivity contribution is 5.78. The fourth-order valence-corrected chi connectivity index (χ4v) is 1.12. The number of hydrogen-bond donors (Lipinski definition) is 3. The Balaban J connectivity index is 3.10. The zero-order chi connectivity index (χ0) is 11.4. The van der Waals surface area contributed by atoms with Crippen molar-refractivity contribution in [1.29, 1.82) is 5.26 Å². The van der Waals surface area contributed by atoms with Gasteiger partial charge in [-0.15, -0.1) is 0 Å². The summed E-state index contributed by atoms with van der Waals surface area (Å²) < 4.78 is 0. The first-order valence-corrected chi connectivity index (χ1v) is 5.26. The van der Waals surface area contributed by atoms with Crippen LogP contribution >= 0.6 is 0 Å². The first-order valence-electron chi connectivity index (χ1n) is 5.26. The minimum Gasteiger partial charge on any atom is -0.396 e. The van der Waals surface area contributed by atoms with Crippen LogP contribution in [-0.2, 0) is 4.79 Å². The molecule has 0 aliphatic carbocycles. The van der Waals surface area contributed by atoms with Gasteiger partial charge in [-0.2, -0.15) is 5.26 Å². The molecule has 0 saturated carbocycles. The largest absolute Gasteiger partial charge is 0.396 e. The van der Waals surface area contributed by atoms with E-state index >= 15 is 0 Å². The van der Waals surface area contributed by atoms with Crippen LogP contribution in [-0.4, -0.2) is 37.3 Å². The van der Waals surface area contributed by atoms with Gasteiger partial charge >= 0.3 is 0 Å². The van der Waals surface area contributed by atoms with E-state index in [1.165, 1.54) is 0 Å². The summed E-state index contributed by atoms with van der Waals surface area (Å²) >= 11 is 0. The normalized spacial score (nSPS) is 9.60. The second-order valence-corrected chi connectivity index (χ2v) is 3.25. The molecule has 0 heterocycles. The number of nitrogens with zero attached hydrogens (tertiary/aromatic N) is 1. The van der Waals surface area contributed by atoms with Crippen molar-refractivity contribution in [3.05, 3.63) is 0 Å². The maximum atomic E-state index is 11.0. The molecule has 15 heavy (non-hydrogen) atoms. The van der Waals surface area contributed by atoms with Gasteiger partial charge in [-0.1, -0.05) is 12.8 Å². The summed E-state index contributed by atoms with van der Waals surface area (Å²) in [6.45, 7) is 1.38. The van der Waals surface area contributed by atoms with Crippen LogP contribution in [0.2, 0.25) is 0 Å². The van der Waals surface area contributed by atoms with Gasteiger partial charge in [0, 0.05) is 6.61 Å². The summed E-state index contributed by atoms with van der Waals surface area (Å²) in [5, 5.41) is 22.2. The van der Waals surface area contributed by atoms with Gasteiger partial charge < -0.3 is 15.7 Å². The molecule has 0 unspecified atom stereocenters. The fraction of sp³-hybridized carbons (Fsp3) is 0.800. The van der Waals surface area contributed by atoms with Gasteiger partial charge in [-0.05, 0) is 19.4 Å². The Bertz CT molecular complexity index is 201. The van der Waals surface area contributed by atoms with E-state index in [0.29, 0.717) is 0 Å². The number of carbonyl (C=O) groups excluding carboxylic acids is 1. The molecular weight excluding hydrogens is 194 g/mol. The standard InChI is InChI=1S/C10H19N3O2/c11-5-7-13-10(15)9-12-6-3-1-2-4-8-14/h12,14H,1-4,6-9H2,(H,13,15). The summed E-state index contributed by atoms with van der Waals surface area (Å²) in [5.41, 5.74) is 0. The number of carbonyl (C=O) groups is 1. The molecule has 0 aromatic rings. The maximum Gasteiger partial charge on any atom is 0.234 e. The number of unbranched alkanes of at least 4 members (excludes halogenated alkanes) is 3. The smallest absolute Gasteiger partial charge is 0.234 e. The van der Waals surface area contributed by atoms with Crippen LogP contribution in [0, 0.1) is 11.3 Å². The minimum absolute atomic E-state index is 0.0665. The Labute approximate surface area is 90.5 Å². The Morgan fingerprint density at radius 1 is 1.27 bits per heavy atom. The second kappa shape index (κ2) is 11.0. The number of amides is 1. The predicted octanol–water partition coefficient (Wildman–Crippen LogP) is -0.232. The Hall–Kier alpha value is -1.12. The molecule has 0 aromatic heterocycles. The highest BCUT2D eigenvalue weighted by Crippen LogP contribution is 1.97. The number of aliphatic hydroxyl groups excluding tert-OH is 1. The highest BCUT2D eigenvalue weighted by atomic mass is 16.2. The van der Waals surface area contributed by atoms with Crippen molar-refractivity contribution in [2.24, 2.45) is 0 Å². The summed E-state index contributed by atoms with van der Waals surface area (Å²) in [6.07, 6.45) is 3.94. The molecule has 5 nitrogen and oxygen atoms in total. The summed E-state index contributed by atoms with van der Waals surface area (Å²) in [6, 6.07) is 1.84. The van der Waals surface area contributed by atoms with Crippen LogP contribution in [0.3, 0.4) is 0 Å². The molecule has 0 aliphatic rings. The number of hydrogen-bond acceptors (Lipinski definition) is 4. The van der Waals surface area contributed by atoms with E-state index in [0.717, 1.165) is 32.2 Å². The van der Waals surface area contributed by atoms with E-state index in [4.69, 9.17) is 10.4 Å². The van der Waals surface area contributed by atoms with E-state index < -0.39 is 0 Å². The number of aliphatic hydroxyl groups is 1. The first-order chi connectivity index (χ1) is 7.31. The molecular formula is C10H19N3O2. The molecule has 0 aliphatic heterocycles. The Morgan fingerprint density at radius 3 is 2.67 bits per heavy atom. The van der Waals surface area contributed by atoms with Crippen LogP contribution in [0.25, 0.3) is 0 Å². The summed E-state index contributed by atoms with van der Waals surface area (Å²) in [5.74, 6) is -0.146. The van der Waals surface area contributed by atoms with Crippen LogP contribution in [0.5, 0.6) is 0 Å². The molecule has 0 aromatic carbocycles. The van der Waals surface area contributed by atoms with E-state index in [1.807, 2.05) is 6.07 Å². The molecule has 0 rings (SSSR count). The van der Waals surface area contributed by atoms with E-state index in [2.05, 4.69) is 10.6 Å². The van der Waals surface area contributed by atoms with Gasteiger partial charge in [-0.3, -0.25) is 4.79 Å². The van der Waals surface area contributed by atoms with Gasteiger partial charge in [0.05, 0.1) is 12.6 Å². The number of nitriles is 1. The predicted molar refractivity (Wildman–Crippen MR) is 57.0 cm³/mol. The molecule has 0 saturated heterocycles. The average Bonchev–Trinajstić information content (AvgIpc) is 2.25. The molecule has 0 bridgehead atoms. The lowest BCUT2D eigenvalue weighted by Gasteiger charge is -2.03. The zero-order valence-electron chi connectivity index (χ0n) is 8.96. The van der Waals surface area contributed by atoms with Crippen LogP contribution < -0.4 is 10.6 Å². The maximum absolute atomic E-state index is 11.0. The van der Waals surface area contributed by atoms with Crippen LogP contribution in [0.4, 0.5) is 0 Å². The highest BCUT2D eigenvalue weighted by Gasteiger charge is 1.97. The van der Waals surface area contributed by atoms with Gasteiger partial charge in [0.2, 0.25) is 5.91 Å². The van der Waals surface area contributed by atoms with Crippen molar-refractivity contribution in [3.63, 3.8) is 0 Å². The third-order valence-corrected chi connectivity index (χ3v) is 1.91. The van der Waals surface area contributed by atoms with Crippen molar-refractivity contribution in [2.45, 2.75) is 25.7 Å². The van der Waals surface area contributed by atoms with E-state index in [1.54, 1.807) is 0 Å². The lowest BCUT2D eigenvalue weighted by Crippen LogP contribution is -2.34. The van der Waals surface area contributed by atoms with Crippen molar-refractivity contribution in [1.82, 2.24) is 10.6 Å². The lowest BCUT2D eigenvalue weighted by atomic mass is 10.2. The second-order valence-electron chi connectivity index (χ2n) is 3.25. The Morgan fingerprint density at radius 2 is 2.00 bits per heavy atom. The van der Waals surface area contributed by atoms with Crippen molar-refractivity contribution in [2.75, 3.05) is 26.2 Å². The Kier molecular flexibility index (Phi) is 10.1. The van der Waals surface area contributed by atoms with Crippen LogP contribution in [0.15, 0.2) is 0 Å².